The van der Waals surface area contributed by atoms with Crippen molar-refractivity contribution in [1.29, 1.82) is 0 Å². The number of aryl methyl sites for hydroxylation is 1. The molecule has 0 radical (unpaired) electrons. The first kappa shape index (κ1) is 30.9. The highest BCUT2D eigenvalue weighted by atomic mass is 32.2. The van der Waals surface area contributed by atoms with Crippen LogP contribution in [0.4, 0.5) is 5.69 Å². The highest BCUT2D eigenvalue weighted by molar-refractivity contribution is 7.92. The lowest BCUT2D eigenvalue weighted by Gasteiger charge is -2.32. The minimum Gasteiger partial charge on any atom is -0.486 e. The van der Waals surface area contributed by atoms with Crippen LogP contribution in [0.2, 0.25) is 0 Å². The maximum absolute atomic E-state index is 13.9. The Morgan fingerprint density at radius 3 is 2.33 bits per heavy atom. The molecule has 3 aromatic carbocycles. The van der Waals surface area contributed by atoms with Crippen LogP contribution in [0.5, 0.6) is 11.5 Å². The van der Waals surface area contributed by atoms with E-state index in [4.69, 9.17) is 9.47 Å². The number of anilines is 1. The predicted molar refractivity (Wildman–Crippen MR) is 163 cm³/mol. The molecular weight excluding hydrogens is 554 g/mol. The fourth-order valence-corrected chi connectivity index (χ4v) is 5.97. The Bertz CT molecular complexity index is 1480. The second kappa shape index (κ2) is 14.2. The SMILES string of the molecule is CCNC(=O)[C@@H](Cc1ccccc1)N(Cc1ccccc1C)C(=O)CCCN(c1ccc2c(c1)OCCO2)S(C)(=O)=O. The zero-order valence-electron chi connectivity index (χ0n) is 24.4. The van der Waals surface area contributed by atoms with Crippen LogP contribution < -0.4 is 19.1 Å². The minimum absolute atomic E-state index is 0.0626. The van der Waals surface area contributed by atoms with Crippen LogP contribution in [-0.4, -0.2) is 63.7 Å². The van der Waals surface area contributed by atoms with E-state index in [-0.39, 0.29) is 37.7 Å². The number of nitrogens with zero attached hydrogens (tertiary/aromatic N) is 2. The Morgan fingerprint density at radius 1 is 0.952 bits per heavy atom. The van der Waals surface area contributed by atoms with Crippen LogP contribution >= 0.6 is 0 Å². The van der Waals surface area contributed by atoms with Gasteiger partial charge >= 0.3 is 0 Å². The van der Waals surface area contributed by atoms with Crippen molar-refractivity contribution in [2.75, 3.05) is 36.9 Å². The highest BCUT2D eigenvalue weighted by Crippen LogP contribution is 2.34. The van der Waals surface area contributed by atoms with Gasteiger partial charge in [0.05, 0.1) is 11.9 Å². The number of hydrogen-bond donors (Lipinski definition) is 1. The molecule has 1 aliphatic rings. The average molecular weight is 594 g/mol. The Morgan fingerprint density at radius 2 is 1.64 bits per heavy atom. The van der Waals surface area contributed by atoms with Crippen molar-refractivity contribution < 1.29 is 27.5 Å². The molecule has 10 heteroatoms. The summed E-state index contributed by atoms with van der Waals surface area (Å²) in [5, 5.41) is 2.90. The molecule has 3 aromatic rings. The summed E-state index contributed by atoms with van der Waals surface area (Å²) in [6.45, 7) is 5.44. The number of nitrogens with one attached hydrogen (secondary N) is 1. The lowest BCUT2D eigenvalue weighted by atomic mass is 10.0. The van der Waals surface area contributed by atoms with Gasteiger partial charge in [0.1, 0.15) is 19.3 Å². The van der Waals surface area contributed by atoms with E-state index in [9.17, 15) is 18.0 Å². The van der Waals surface area contributed by atoms with Crippen molar-refractivity contribution in [2.45, 2.75) is 45.7 Å². The van der Waals surface area contributed by atoms with Crippen LogP contribution in [0.15, 0.2) is 72.8 Å². The standard InChI is InChI=1S/C32H39N3O6S/c1-4-33-32(37)28(21-25-12-6-5-7-13-25)34(23-26-14-9-8-11-24(26)2)31(36)15-10-18-35(42(3,38)39)27-16-17-29-30(22-27)41-20-19-40-29/h5-9,11-14,16-17,22,28H,4,10,15,18-21,23H2,1-3H3,(H,33,37)/t28-/m1/s1. The monoisotopic (exact) mass is 593 g/mol. The molecule has 9 nitrogen and oxygen atoms in total. The molecule has 0 saturated heterocycles. The normalized spacial score (nSPS) is 13.2. The van der Waals surface area contributed by atoms with Crippen molar-refractivity contribution in [2.24, 2.45) is 0 Å². The van der Waals surface area contributed by atoms with E-state index >= 15 is 0 Å². The maximum Gasteiger partial charge on any atom is 0.243 e. The van der Waals surface area contributed by atoms with Crippen molar-refractivity contribution >= 4 is 27.5 Å². The number of benzene rings is 3. The molecule has 0 bridgehead atoms. The van der Waals surface area contributed by atoms with Gasteiger partial charge in [-0.25, -0.2) is 8.42 Å². The summed E-state index contributed by atoms with van der Waals surface area (Å²) in [6, 6.07) is 21.7. The fraction of sp³-hybridized carbons (Fsp3) is 0.375. The molecule has 2 amide bonds. The Labute approximate surface area is 248 Å². The summed E-state index contributed by atoms with van der Waals surface area (Å²) in [5.41, 5.74) is 3.35. The summed E-state index contributed by atoms with van der Waals surface area (Å²) >= 11 is 0. The van der Waals surface area contributed by atoms with E-state index in [1.54, 1.807) is 23.1 Å². The van der Waals surface area contributed by atoms with Crippen LogP contribution in [0.3, 0.4) is 0 Å². The van der Waals surface area contributed by atoms with E-state index in [0.29, 0.717) is 43.4 Å². The van der Waals surface area contributed by atoms with Crippen molar-refractivity contribution in [3.8, 4) is 11.5 Å². The molecule has 0 aromatic heterocycles. The quantitative estimate of drug-likeness (QED) is 0.320. The molecule has 42 heavy (non-hydrogen) atoms. The van der Waals surface area contributed by atoms with Crippen molar-refractivity contribution in [3.63, 3.8) is 0 Å². The van der Waals surface area contributed by atoms with E-state index in [1.165, 1.54) is 4.31 Å². The number of carbonyl (C=O) groups is 2. The molecule has 0 unspecified atom stereocenters. The van der Waals surface area contributed by atoms with Gasteiger partial charge in [0.25, 0.3) is 0 Å². The molecule has 0 saturated carbocycles. The van der Waals surface area contributed by atoms with Crippen LogP contribution in [0.25, 0.3) is 0 Å². The predicted octanol–water partition coefficient (Wildman–Crippen LogP) is 4.09. The molecule has 0 fully saturated rings. The first-order chi connectivity index (χ1) is 20.2. The van der Waals surface area contributed by atoms with Gasteiger partial charge in [0.2, 0.25) is 21.8 Å². The van der Waals surface area contributed by atoms with Gasteiger partial charge in [-0.2, -0.15) is 0 Å². The summed E-state index contributed by atoms with van der Waals surface area (Å²) in [4.78, 5) is 28.9. The first-order valence-electron chi connectivity index (χ1n) is 14.2. The third-order valence-corrected chi connectivity index (χ3v) is 8.38. The minimum atomic E-state index is -3.65. The zero-order chi connectivity index (χ0) is 30.1. The second-order valence-corrected chi connectivity index (χ2v) is 12.2. The molecule has 1 atom stereocenters. The number of amides is 2. The molecule has 1 N–H and O–H groups in total. The molecule has 4 rings (SSSR count). The lowest BCUT2D eigenvalue weighted by molar-refractivity contribution is -0.141. The Balaban J connectivity index is 1.56. The van der Waals surface area contributed by atoms with Gasteiger partial charge < -0.3 is 19.7 Å². The van der Waals surface area contributed by atoms with Gasteiger partial charge in [-0.3, -0.25) is 13.9 Å². The Hall–Kier alpha value is -4.05. The van der Waals surface area contributed by atoms with Gasteiger partial charge in [0.15, 0.2) is 11.5 Å². The van der Waals surface area contributed by atoms with E-state index < -0.39 is 16.1 Å². The number of hydrogen-bond acceptors (Lipinski definition) is 6. The molecule has 0 aliphatic carbocycles. The number of ether oxygens (including phenoxy) is 2. The molecule has 1 aliphatic heterocycles. The van der Waals surface area contributed by atoms with Crippen molar-refractivity contribution in [1.82, 2.24) is 10.2 Å². The van der Waals surface area contributed by atoms with Gasteiger partial charge in [0, 0.05) is 38.5 Å². The number of likely N-dealkylation sites (N-methyl/N-ethyl adjacent to an activating group) is 1. The summed E-state index contributed by atoms with van der Waals surface area (Å²) in [5.74, 6) is 0.604. The largest absolute Gasteiger partial charge is 0.486 e. The summed E-state index contributed by atoms with van der Waals surface area (Å²) < 4.78 is 38.0. The van der Waals surface area contributed by atoms with Crippen LogP contribution in [-0.2, 0) is 32.6 Å². The fourth-order valence-electron chi connectivity index (χ4n) is 5.01. The van der Waals surface area contributed by atoms with E-state index in [0.717, 1.165) is 22.9 Å². The molecule has 0 spiro atoms. The molecule has 224 valence electrons. The van der Waals surface area contributed by atoms with Gasteiger partial charge in [-0.15, -0.1) is 0 Å². The lowest BCUT2D eigenvalue weighted by Crippen LogP contribution is -2.50. The molecular formula is C32H39N3O6S. The number of fused-ring (bicyclic) bond motifs is 1. The number of sulfonamides is 1. The second-order valence-electron chi connectivity index (χ2n) is 10.3. The van der Waals surface area contributed by atoms with Gasteiger partial charge in [-0.05, 0) is 49.1 Å². The number of rotatable bonds is 13. The third-order valence-electron chi connectivity index (χ3n) is 7.19. The maximum atomic E-state index is 13.9. The third kappa shape index (κ3) is 8.03. The van der Waals surface area contributed by atoms with Crippen LogP contribution in [0.1, 0.15) is 36.5 Å². The van der Waals surface area contributed by atoms with Crippen molar-refractivity contribution in [3.05, 3.63) is 89.5 Å². The average Bonchev–Trinajstić information content (AvgIpc) is 2.97. The summed E-state index contributed by atoms with van der Waals surface area (Å²) in [7, 11) is -3.65. The van der Waals surface area contributed by atoms with Crippen LogP contribution in [0, 0.1) is 6.92 Å². The topological polar surface area (TPSA) is 105 Å². The Kier molecular flexibility index (Phi) is 10.5. The first-order valence-corrected chi connectivity index (χ1v) is 16.0. The zero-order valence-corrected chi connectivity index (χ0v) is 25.2. The van der Waals surface area contributed by atoms with E-state index in [2.05, 4.69) is 5.32 Å². The number of carbonyl (C=O) groups excluding carboxylic acids is 2. The smallest absolute Gasteiger partial charge is 0.243 e. The van der Waals surface area contributed by atoms with E-state index in [1.807, 2.05) is 68.4 Å². The highest BCUT2D eigenvalue weighted by Gasteiger charge is 2.30. The molecule has 1 heterocycles. The summed E-state index contributed by atoms with van der Waals surface area (Å²) in [6.07, 6.45) is 1.82. The van der Waals surface area contributed by atoms with Gasteiger partial charge in [-0.1, -0.05) is 54.6 Å².